The van der Waals surface area contributed by atoms with Gasteiger partial charge in [0.25, 0.3) is 0 Å². The van der Waals surface area contributed by atoms with Crippen LogP contribution in [0.5, 0.6) is 5.75 Å². The van der Waals surface area contributed by atoms with Crippen LogP contribution in [-0.2, 0) is 6.61 Å². The molecule has 0 unspecified atom stereocenters. The third kappa shape index (κ3) is 5.01. The Labute approximate surface area is 140 Å². The summed E-state index contributed by atoms with van der Waals surface area (Å²) in [6, 6.07) is 11.9. The largest absolute Gasteiger partial charge is 0.489 e. The van der Waals surface area contributed by atoms with E-state index >= 15 is 0 Å². The van der Waals surface area contributed by atoms with Crippen molar-refractivity contribution < 1.29 is 9.53 Å². The highest BCUT2D eigenvalue weighted by atomic mass is 127. The summed E-state index contributed by atoms with van der Waals surface area (Å²) in [6.45, 7) is 10.5. The number of hydrogen-bond donors (Lipinski definition) is 0. The minimum Gasteiger partial charge on any atom is -0.489 e. The quantitative estimate of drug-likeness (QED) is 0.410. The summed E-state index contributed by atoms with van der Waals surface area (Å²) in [5.74, 6) is 0.871. The molecule has 0 heterocycles. The van der Waals surface area contributed by atoms with E-state index in [1.54, 1.807) is 0 Å². The van der Waals surface area contributed by atoms with E-state index in [1.165, 1.54) is 5.56 Å². The molecule has 0 aliphatic rings. The van der Waals surface area contributed by atoms with Gasteiger partial charge in [-0.25, -0.2) is 0 Å². The fourth-order valence-corrected chi connectivity index (χ4v) is 2.39. The Hall–Kier alpha value is -1.62. The fraction of sp³-hybridized carbons (Fsp3) is 0.167. The van der Waals surface area contributed by atoms with Crippen LogP contribution in [0.1, 0.15) is 27.0 Å². The Morgan fingerprint density at radius 1 is 1.14 bits per heavy atom. The van der Waals surface area contributed by atoms with Gasteiger partial charge in [-0.15, -0.1) is 13.2 Å². The summed E-state index contributed by atoms with van der Waals surface area (Å²) in [5.41, 5.74) is 3.87. The van der Waals surface area contributed by atoms with Crippen LogP contribution in [-0.4, -0.2) is 6.29 Å². The monoisotopic (exact) mass is 394 g/mol. The average Bonchev–Trinajstić information content (AvgIpc) is 2.50. The van der Waals surface area contributed by atoms with E-state index in [0.29, 0.717) is 12.2 Å². The first kappa shape index (κ1) is 17.4. The number of ether oxygens (including phenoxy) is 1. The zero-order valence-corrected chi connectivity index (χ0v) is 14.5. The smallest absolute Gasteiger partial charge is 0.150 e. The van der Waals surface area contributed by atoms with Crippen molar-refractivity contribution in [3.63, 3.8) is 0 Å². The number of rotatable bonds is 4. The van der Waals surface area contributed by atoms with Crippen LogP contribution < -0.4 is 4.74 Å². The molecule has 2 rings (SSSR count). The van der Waals surface area contributed by atoms with E-state index in [1.807, 2.05) is 44.2 Å². The van der Waals surface area contributed by atoms with E-state index in [4.69, 9.17) is 4.74 Å². The first-order valence-electron chi connectivity index (χ1n) is 6.54. The van der Waals surface area contributed by atoms with Gasteiger partial charge in [-0.2, -0.15) is 0 Å². The lowest BCUT2D eigenvalue weighted by atomic mass is 10.1. The maximum Gasteiger partial charge on any atom is 0.150 e. The maximum atomic E-state index is 11.0. The summed E-state index contributed by atoms with van der Waals surface area (Å²) in [5, 5.41) is 0. The molecule has 0 saturated carbocycles. The zero-order chi connectivity index (χ0) is 15.8. The van der Waals surface area contributed by atoms with E-state index < -0.39 is 0 Å². The first-order valence-corrected chi connectivity index (χ1v) is 7.61. The summed E-state index contributed by atoms with van der Waals surface area (Å²) in [7, 11) is 0. The van der Waals surface area contributed by atoms with Gasteiger partial charge in [0.2, 0.25) is 0 Å². The highest BCUT2D eigenvalue weighted by Crippen LogP contribution is 2.21. The van der Waals surface area contributed by atoms with Crippen LogP contribution in [0, 0.1) is 17.4 Å². The Morgan fingerprint density at radius 3 is 2.52 bits per heavy atom. The molecule has 3 heteroatoms. The lowest BCUT2D eigenvalue weighted by Gasteiger charge is -2.11. The Kier molecular flexibility index (Phi) is 7.15. The molecule has 0 fully saturated rings. The first-order chi connectivity index (χ1) is 10.1. The van der Waals surface area contributed by atoms with Gasteiger partial charge in [0.05, 0.1) is 0 Å². The Morgan fingerprint density at radius 2 is 1.86 bits per heavy atom. The van der Waals surface area contributed by atoms with Crippen molar-refractivity contribution in [3.05, 3.63) is 75.4 Å². The van der Waals surface area contributed by atoms with Crippen molar-refractivity contribution in [3.8, 4) is 5.75 Å². The second kappa shape index (κ2) is 8.62. The Bertz CT molecular complexity index is 621. The fourth-order valence-electron chi connectivity index (χ4n) is 1.83. The van der Waals surface area contributed by atoms with Crippen molar-refractivity contribution in [2.24, 2.45) is 0 Å². The lowest BCUT2D eigenvalue weighted by Crippen LogP contribution is -2.01. The molecule has 0 N–H and O–H groups in total. The van der Waals surface area contributed by atoms with E-state index in [9.17, 15) is 4.79 Å². The van der Waals surface area contributed by atoms with Crippen molar-refractivity contribution in [2.75, 3.05) is 0 Å². The molecule has 2 aromatic rings. The molecule has 0 saturated heterocycles. The Balaban J connectivity index is 0.00000106. The van der Waals surface area contributed by atoms with E-state index in [2.05, 4.69) is 41.8 Å². The maximum absolute atomic E-state index is 11.0. The zero-order valence-electron chi connectivity index (χ0n) is 12.4. The van der Waals surface area contributed by atoms with Gasteiger partial charge in [-0.3, -0.25) is 4.79 Å². The highest BCUT2D eigenvalue weighted by molar-refractivity contribution is 14.1. The normalized spacial score (nSPS) is 9.48. The minimum absolute atomic E-state index is 0.412. The molecule has 110 valence electrons. The van der Waals surface area contributed by atoms with Crippen LogP contribution in [0.4, 0.5) is 0 Å². The number of carbonyl (C=O) groups excluding carboxylic acids is 1. The van der Waals surface area contributed by atoms with Crippen LogP contribution >= 0.6 is 22.6 Å². The highest BCUT2D eigenvalue weighted by Gasteiger charge is 2.05. The van der Waals surface area contributed by atoms with Crippen LogP contribution in [0.2, 0.25) is 0 Å². The third-order valence-electron chi connectivity index (χ3n) is 2.96. The molecular weight excluding hydrogens is 375 g/mol. The van der Waals surface area contributed by atoms with Gasteiger partial charge in [-0.1, -0.05) is 18.2 Å². The van der Waals surface area contributed by atoms with Gasteiger partial charge in [0.15, 0.2) is 0 Å². The number of aldehydes is 1. The molecule has 0 atom stereocenters. The summed E-state index contributed by atoms with van der Waals surface area (Å²) in [6.07, 6.45) is 0.873. The minimum atomic E-state index is 0.412. The molecule has 21 heavy (non-hydrogen) atoms. The average molecular weight is 394 g/mol. The summed E-state index contributed by atoms with van der Waals surface area (Å²) in [4.78, 5) is 11.0. The van der Waals surface area contributed by atoms with Crippen LogP contribution in [0.3, 0.4) is 0 Å². The number of hydrogen-bond acceptors (Lipinski definition) is 2. The van der Waals surface area contributed by atoms with Crippen LogP contribution in [0.15, 0.2) is 49.6 Å². The molecule has 2 aromatic carbocycles. The molecule has 0 aliphatic carbocycles. The second-order valence-corrected chi connectivity index (χ2v) is 5.76. The van der Waals surface area contributed by atoms with Crippen LogP contribution in [0.25, 0.3) is 0 Å². The number of aryl methyl sites for hydroxylation is 2. The molecule has 0 aliphatic heterocycles. The molecule has 2 nitrogen and oxygen atoms in total. The number of halogens is 1. The van der Waals surface area contributed by atoms with Gasteiger partial charge in [0.1, 0.15) is 18.6 Å². The third-order valence-corrected chi connectivity index (χ3v) is 3.63. The number of carbonyl (C=O) groups is 1. The molecule has 0 aromatic heterocycles. The molecular formula is C18H19IO2. The summed E-state index contributed by atoms with van der Waals surface area (Å²) < 4.78 is 6.94. The topological polar surface area (TPSA) is 26.3 Å². The molecule has 0 spiro atoms. The molecule has 0 amide bonds. The predicted molar refractivity (Wildman–Crippen MR) is 96.0 cm³/mol. The van der Waals surface area contributed by atoms with E-state index in [-0.39, 0.29) is 0 Å². The van der Waals surface area contributed by atoms with Gasteiger partial charge >= 0.3 is 0 Å². The second-order valence-electron chi connectivity index (χ2n) is 4.52. The molecule has 0 bridgehead atoms. The van der Waals surface area contributed by atoms with Gasteiger partial charge in [-0.05, 0) is 65.8 Å². The standard InChI is InChI=1S/C16H15IO2.C2H4/c1-11-3-4-12(2)16(7-11)19-10-14-8-15(17)6-5-13(14)9-18;1-2/h3-9H,10H2,1-2H3;1-2H2. The lowest BCUT2D eigenvalue weighted by molar-refractivity contribution is 0.112. The van der Waals surface area contributed by atoms with E-state index in [0.717, 1.165) is 26.7 Å². The number of benzene rings is 2. The van der Waals surface area contributed by atoms with Crippen molar-refractivity contribution in [1.29, 1.82) is 0 Å². The predicted octanol–water partition coefficient (Wildman–Crippen LogP) is 5.10. The van der Waals surface area contributed by atoms with Crippen molar-refractivity contribution in [1.82, 2.24) is 0 Å². The summed E-state index contributed by atoms with van der Waals surface area (Å²) >= 11 is 2.23. The van der Waals surface area contributed by atoms with Gasteiger partial charge in [0, 0.05) is 14.7 Å². The van der Waals surface area contributed by atoms with Gasteiger partial charge < -0.3 is 4.74 Å². The van der Waals surface area contributed by atoms with Crippen molar-refractivity contribution in [2.45, 2.75) is 20.5 Å². The molecule has 0 radical (unpaired) electrons. The van der Waals surface area contributed by atoms with Crippen molar-refractivity contribution >= 4 is 28.9 Å². The SMILES string of the molecule is C=C.Cc1ccc(C)c(OCc2cc(I)ccc2C=O)c1.